The van der Waals surface area contributed by atoms with Crippen molar-refractivity contribution in [1.29, 1.82) is 0 Å². The van der Waals surface area contributed by atoms with Crippen LogP contribution in [0.3, 0.4) is 0 Å². The number of rotatable bonds is 4. The summed E-state index contributed by atoms with van der Waals surface area (Å²) in [5.41, 5.74) is 39.3. The van der Waals surface area contributed by atoms with Crippen molar-refractivity contribution in [2.75, 3.05) is 22.9 Å². The highest BCUT2D eigenvalue weighted by Gasteiger charge is 2.42. The van der Waals surface area contributed by atoms with Gasteiger partial charge in [-0.15, -0.1) is 0 Å². The van der Waals surface area contributed by atoms with Gasteiger partial charge in [-0.3, -0.25) is 40.5 Å². The van der Waals surface area contributed by atoms with E-state index in [1.54, 1.807) is 29.3 Å². The van der Waals surface area contributed by atoms with Crippen molar-refractivity contribution in [3.8, 4) is 0 Å². The van der Waals surface area contributed by atoms with E-state index in [1.807, 2.05) is 18.2 Å². The molecule has 76 heavy (non-hydrogen) atoms. The molecule has 8 N–H and O–H groups in total. The maximum absolute atomic E-state index is 11.1. The van der Waals surface area contributed by atoms with Gasteiger partial charge in [0.1, 0.15) is 5.69 Å². The van der Waals surface area contributed by atoms with Crippen molar-refractivity contribution < 1.29 is 19.7 Å². The summed E-state index contributed by atoms with van der Waals surface area (Å²) in [6.07, 6.45) is 24.5. The van der Waals surface area contributed by atoms with Crippen LogP contribution in [0.1, 0.15) is 243 Å². The molecule has 10 atom stereocenters. The van der Waals surface area contributed by atoms with E-state index in [0.717, 1.165) is 90.0 Å². The predicted molar refractivity (Wildman–Crippen MR) is 296 cm³/mol. The van der Waals surface area contributed by atoms with Crippen LogP contribution in [0.4, 0.5) is 45.5 Å². The van der Waals surface area contributed by atoms with Crippen molar-refractivity contribution in [3.05, 3.63) is 169 Å². The van der Waals surface area contributed by atoms with E-state index in [9.17, 15) is 40.5 Å². The first-order valence-electron chi connectivity index (χ1n) is 28.0. The first-order valence-corrected chi connectivity index (χ1v) is 28.0. The first-order chi connectivity index (χ1) is 36.6. The van der Waals surface area contributed by atoms with Crippen molar-refractivity contribution in [2.24, 2.45) is 0 Å². The van der Waals surface area contributed by atoms with Gasteiger partial charge in [-0.25, -0.2) is 0 Å². The monoisotopic (exact) mass is 1030 g/mol. The first kappa shape index (κ1) is 51.0. The number of hydrogen-bond acceptors (Lipinski definition) is 12. The molecule has 0 spiro atoms. The SMILES string of the molecule is Nc1cc(N)c2c(c1)C1CCCC2C1.Nc1cc2c(cc1[N+](=O)[O-])C1CCCC2C1.Nc1ccc2c(c1)C1CCCC2C1.O=[N+]([O-])c1cc2c(c([N+](=O)[O-])c1)C1CCCC2C1.O=[N+]([O-])c1ccc2c(c1)C1CCCC2C1. The van der Waals surface area contributed by atoms with E-state index in [4.69, 9.17) is 22.9 Å². The number of fused-ring (bicyclic) bond motifs is 25. The quantitative estimate of drug-likeness (QED) is 0.0743. The highest BCUT2D eigenvalue weighted by Crippen LogP contribution is 2.57. The molecule has 5 aromatic rings. The van der Waals surface area contributed by atoms with Gasteiger partial charge >= 0.3 is 0 Å². The van der Waals surface area contributed by atoms with Gasteiger partial charge in [-0.1, -0.05) is 44.2 Å². The number of nitro groups is 4. The molecule has 0 aromatic heterocycles. The molecular weight excluding hydrogens is 961 g/mol. The van der Waals surface area contributed by atoms with Gasteiger partial charge in [-0.2, -0.15) is 0 Å². The Kier molecular flexibility index (Phi) is 14.0. The van der Waals surface area contributed by atoms with Crippen molar-refractivity contribution in [3.63, 3.8) is 0 Å². The predicted octanol–water partition coefficient (Wildman–Crippen LogP) is 15.2. The summed E-state index contributed by atoms with van der Waals surface area (Å²) in [7, 11) is 0. The number of nitrogens with two attached hydrogens (primary N) is 4. The Morgan fingerprint density at radius 1 is 0.316 bits per heavy atom. The second-order valence-electron chi connectivity index (χ2n) is 23.7. The molecule has 10 aliphatic rings. The average molecular weight is 1030 g/mol. The molecule has 5 aromatic carbocycles. The van der Waals surface area contributed by atoms with Crippen molar-refractivity contribution in [1.82, 2.24) is 0 Å². The van der Waals surface area contributed by atoms with E-state index in [2.05, 4.69) is 24.3 Å². The Bertz CT molecular complexity index is 3140. The molecule has 16 nitrogen and oxygen atoms in total. The van der Waals surface area contributed by atoms with Gasteiger partial charge in [-0.05, 0) is 236 Å². The topological polar surface area (TPSA) is 277 Å². The van der Waals surface area contributed by atoms with Gasteiger partial charge in [0.2, 0.25) is 0 Å². The van der Waals surface area contributed by atoms with Gasteiger partial charge in [0.15, 0.2) is 0 Å². The second-order valence-corrected chi connectivity index (χ2v) is 23.7. The van der Waals surface area contributed by atoms with Crippen LogP contribution in [-0.4, -0.2) is 19.7 Å². The molecule has 16 heteroatoms. The smallest absolute Gasteiger partial charge is 0.292 e. The van der Waals surface area contributed by atoms with E-state index in [1.165, 1.54) is 136 Å². The summed E-state index contributed by atoms with van der Waals surface area (Å²) >= 11 is 0. The standard InChI is InChI=1S/C12H12N2O4.C12H14N2O2.C12H16N2.C12H13NO2.C12H15N/c15-13(16)9-5-10-7-2-1-3-8(4-7)12(10)11(6-9)14(17)18;13-11-5-9-7-2-1-3-8(4-7)10(9)6-12(11)14(15)16;13-9-5-10-7-2-1-3-8(4-7)12(10)11(14)6-9;14-13(15)10-4-5-11-8-2-1-3-9(6-8)12(11)7-10;13-10-4-5-11-8-2-1-3-9(6-8)12(11)7-10/h5-8H,1-4H2;5-8H,1-4,13H2;5-8H,1-4,13-14H2;4-5,7-9H,1-3,6H2;4-5,7-9H,1-3,6,13H2. The molecule has 0 amide bonds. The molecule has 5 fully saturated rings. The normalized spacial score (nSPS) is 27.3. The number of benzene rings is 5. The lowest BCUT2D eigenvalue weighted by atomic mass is 9.87. The summed E-state index contributed by atoms with van der Waals surface area (Å²) in [4.78, 5) is 41.8. The van der Waals surface area contributed by atoms with E-state index in [0.29, 0.717) is 29.4 Å². The molecule has 0 aliphatic heterocycles. The minimum atomic E-state index is -0.546. The zero-order chi connectivity index (χ0) is 53.1. The number of nitrogen functional groups attached to an aromatic ring is 4. The van der Waals surface area contributed by atoms with Gasteiger partial charge in [0.05, 0.1) is 25.8 Å². The Balaban J connectivity index is 0.000000102. The molecule has 5 saturated carbocycles. The summed E-state index contributed by atoms with van der Waals surface area (Å²) in [6.45, 7) is 0. The fourth-order valence-electron chi connectivity index (χ4n) is 16.2. The van der Waals surface area contributed by atoms with E-state index in [-0.39, 0.29) is 44.4 Å². The highest BCUT2D eigenvalue weighted by atomic mass is 16.6. The Labute approximate surface area is 443 Å². The Morgan fingerprint density at radius 3 is 1.21 bits per heavy atom. The van der Waals surface area contributed by atoms with E-state index >= 15 is 0 Å². The lowest BCUT2D eigenvalue weighted by Crippen LogP contribution is -2.02. The number of anilines is 4. The minimum Gasteiger partial charge on any atom is -0.399 e. The fraction of sp³-hybridized carbons (Fsp3) is 0.500. The van der Waals surface area contributed by atoms with Crippen molar-refractivity contribution in [2.45, 2.75) is 188 Å². The van der Waals surface area contributed by atoms with Crippen LogP contribution in [-0.2, 0) is 0 Å². The molecule has 15 rings (SSSR count). The molecule has 398 valence electrons. The van der Waals surface area contributed by atoms with Gasteiger partial charge < -0.3 is 22.9 Å². The average Bonchev–Trinajstić information content (AvgIpc) is 4.09. The maximum atomic E-state index is 11.1. The molecule has 10 bridgehead atoms. The Morgan fingerprint density at radius 2 is 0.697 bits per heavy atom. The molecule has 10 aliphatic carbocycles. The third-order valence-corrected chi connectivity index (χ3v) is 19.4. The number of nitro benzene ring substituents is 4. The summed E-state index contributed by atoms with van der Waals surface area (Å²) in [6, 6.07) is 22.2. The summed E-state index contributed by atoms with van der Waals surface area (Å²) in [5.74, 6) is 6.06. The van der Waals surface area contributed by atoms with E-state index < -0.39 is 9.85 Å². The zero-order valence-electron chi connectivity index (χ0n) is 43.2. The maximum Gasteiger partial charge on any atom is 0.292 e. The van der Waals surface area contributed by atoms with Crippen LogP contribution in [0.15, 0.2) is 72.8 Å². The molecular formula is C60H70N8O8. The zero-order valence-corrected chi connectivity index (χ0v) is 43.2. The van der Waals surface area contributed by atoms with Crippen LogP contribution in [0.5, 0.6) is 0 Å². The number of hydrogen-bond donors (Lipinski definition) is 4. The second kappa shape index (κ2) is 20.8. The molecule has 0 radical (unpaired) electrons. The lowest BCUT2D eigenvalue weighted by molar-refractivity contribution is -0.394. The summed E-state index contributed by atoms with van der Waals surface area (Å²) < 4.78 is 0. The minimum absolute atomic E-state index is 0.0615. The van der Waals surface area contributed by atoms with Crippen LogP contribution < -0.4 is 22.9 Å². The third-order valence-electron chi connectivity index (χ3n) is 19.4. The van der Waals surface area contributed by atoms with Crippen molar-refractivity contribution >= 4 is 45.5 Å². The molecule has 10 unspecified atom stereocenters. The van der Waals surface area contributed by atoms with Gasteiger partial charge in [0.25, 0.3) is 22.7 Å². The number of non-ortho nitro benzene ring substituents is 2. The fourth-order valence-corrected chi connectivity index (χ4v) is 16.2. The van der Waals surface area contributed by atoms with Crippen LogP contribution in [0.2, 0.25) is 0 Å². The Hall–Kier alpha value is -7.10. The highest BCUT2D eigenvalue weighted by molar-refractivity contribution is 5.66. The summed E-state index contributed by atoms with van der Waals surface area (Å²) in [5, 5.41) is 43.5. The molecule has 0 saturated heterocycles. The third kappa shape index (κ3) is 9.72. The van der Waals surface area contributed by atoms with Crippen LogP contribution in [0, 0.1) is 40.5 Å². The number of nitrogens with zero attached hydrogens (tertiary/aromatic N) is 4. The van der Waals surface area contributed by atoms with Crippen LogP contribution >= 0.6 is 0 Å². The largest absolute Gasteiger partial charge is 0.399 e. The van der Waals surface area contributed by atoms with Gasteiger partial charge in [0, 0.05) is 46.9 Å². The van der Waals surface area contributed by atoms with Crippen LogP contribution in [0.25, 0.3) is 0 Å². The lowest BCUT2D eigenvalue weighted by Gasteiger charge is -2.18. The molecule has 0 heterocycles.